The lowest BCUT2D eigenvalue weighted by molar-refractivity contribution is -0.122. The number of nitrogens with one attached hydrogen (secondary N) is 2. The van der Waals surface area contributed by atoms with Crippen molar-refractivity contribution in [2.45, 2.75) is 32.0 Å². The Morgan fingerprint density at radius 1 is 1.18 bits per heavy atom. The zero-order valence-electron chi connectivity index (χ0n) is 15.3. The number of benzene rings is 1. The number of hydrogen-bond donors (Lipinski definition) is 2. The van der Waals surface area contributed by atoms with E-state index in [-0.39, 0.29) is 30.8 Å². The molecule has 1 atom stereocenters. The van der Waals surface area contributed by atoms with E-state index in [0.717, 1.165) is 23.0 Å². The van der Waals surface area contributed by atoms with Crippen molar-refractivity contribution in [3.05, 3.63) is 69.1 Å². The van der Waals surface area contributed by atoms with Gasteiger partial charge >= 0.3 is 0 Å². The molecule has 0 aliphatic carbocycles. The number of aromatic nitrogens is 1. The van der Waals surface area contributed by atoms with Gasteiger partial charge in [0.2, 0.25) is 5.91 Å². The Hall–Kier alpha value is -2.64. The molecule has 1 aliphatic rings. The van der Waals surface area contributed by atoms with Crippen molar-refractivity contribution in [3.63, 3.8) is 0 Å². The van der Waals surface area contributed by atoms with Crippen LogP contribution in [-0.2, 0) is 22.6 Å². The monoisotopic (exact) mass is 403 g/mol. The molecule has 1 aliphatic heterocycles. The molecule has 1 aromatic carbocycles. The SMILES string of the molecule is O=C(Cn1c(C(=O)NCc2cccc(Cl)c2)cccc1=O)NCC1CCCO1. The first-order valence-electron chi connectivity index (χ1n) is 9.14. The zero-order chi connectivity index (χ0) is 19.9. The first kappa shape index (κ1) is 20.1. The summed E-state index contributed by atoms with van der Waals surface area (Å²) in [5.74, 6) is -0.780. The average molecular weight is 404 g/mol. The maximum Gasteiger partial charge on any atom is 0.268 e. The van der Waals surface area contributed by atoms with Crippen LogP contribution in [0.25, 0.3) is 0 Å². The van der Waals surface area contributed by atoms with Crippen LogP contribution in [0.15, 0.2) is 47.3 Å². The summed E-state index contributed by atoms with van der Waals surface area (Å²) in [7, 11) is 0. The number of ether oxygens (including phenoxy) is 1. The Bertz CT molecular complexity index is 906. The summed E-state index contributed by atoms with van der Waals surface area (Å²) < 4.78 is 6.63. The molecule has 0 saturated carbocycles. The van der Waals surface area contributed by atoms with Crippen LogP contribution < -0.4 is 16.2 Å². The predicted octanol–water partition coefficient (Wildman–Crippen LogP) is 1.73. The quantitative estimate of drug-likeness (QED) is 0.736. The molecule has 0 bridgehead atoms. The normalized spacial score (nSPS) is 16.0. The van der Waals surface area contributed by atoms with Gasteiger partial charge in [0.05, 0.1) is 6.10 Å². The van der Waals surface area contributed by atoms with E-state index >= 15 is 0 Å². The fourth-order valence-corrected chi connectivity index (χ4v) is 3.25. The van der Waals surface area contributed by atoms with Crippen LogP contribution in [-0.4, -0.2) is 35.6 Å². The molecular weight excluding hydrogens is 382 g/mol. The number of rotatable bonds is 7. The van der Waals surface area contributed by atoms with Gasteiger partial charge < -0.3 is 15.4 Å². The molecule has 2 N–H and O–H groups in total. The maximum absolute atomic E-state index is 12.6. The highest BCUT2D eigenvalue weighted by Crippen LogP contribution is 2.11. The Balaban J connectivity index is 1.64. The minimum Gasteiger partial charge on any atom is -0.376 e. The Labute approximate surface area is 167 Å². The lowest BCUT2D eigenvalue weighted by atomic mass is 10.2. The number of amides is 2. The number of halogens is 1. The smallest absolute Gasteiger partial charge is 0.268 e. The third-order valence-corrected chi connectivity index (χ3v) is 4.71. The van der Waals surface area contributed by atoms with Crippen molar-refractivity contribution < 1.29 is 14.3 Å². The van der Waals surface area contributed by atoms with Gasteiger partial charge in [0.1, 0.15) is 12.2 Å². The van der Waals surface area contributed by atoms with Gasteiger partial charge in [0.15, 0.2) is 0 Å². The highest BCUT2D eigenvalue weighted by Gasteiger charge is 2.18. The molecule has 7 nitrogen and oxygen atoms in total. The Morgan fingerprint density at radius 2 is 2.00 bits per heavy atom. The van der Waals surface area contributed by atoms with Gasteiger partial charge in [-0.1, -0.05) is 29.8 Å². The molecule has 8 heteroatoms. The second-order valence-electron chi connectivity index (χ2n) is 6.59. The maximum atomic E-state index is 12.6. The number of carbonyl (C=O) groups is 2. The first-order chi connectivity index (χ1) is 13.5. The summed E-state index contributed by atoms with van der Waals surface area (Å²) in [6.45, 7) is 1.13. The second-order valence-corrected chi connectivity index (χ2v) is 7.02. The molecule has 1 saturated heterocycles. The summed E-state index contributed by atoms with van der Waals surface area (Å²) in [6.07, 6.45) is 1.90. The van der Waals surface area contributed by atoms with Gasteiger partial charge in [-0.2, -0.15) is 0 Å². The second kappa shape index (κ2) is 9.52. The van der Waals surface area contributed by atoms with Crippen molar-refractivity contribution in [1.29, 1.82) is 0 Å². The minimum atomic E-state index is -0.440. The molecular formula is C20H22ClN3O4. The molecule has 2 aromatic rings. The Kier molecular flexibility index (Phi) is 6.84. The van der Waals surface area contributed by atoms with Gasteiger partial charge in [-0.15, -0.1) is 0 Å². The molecule has 0 spiro atoms. The molecule has 0 radical (unpaired) electrons. The van der Waals surface area contributed by atoms with Crippen LogP contribution in [0.3, 0.4) is 0 Å². The van der Waals surface area contributed by atoms with Crippen LogP contribution >= 0.6 is 11.6 Å². The third-order valence-electron chi connectivity index (χ3n) is 4.48. The van der Waals surface area contributed by atoms with Gasteiger partial charge in [-0.05, 0) is 36.6 Å². The summed E-state index contributed by atoms with van der Waals surface area (Å²) in [5.41, 5.74) is 0.546. The van der Waals surface area contributed by atoms with Crippen molar-refractivity contribution in [2.75, 3.05) is 13.2 Å². The number of pyridine rings is 1. The standard InChI is InChI=1S/C20H22ClN3O4/c21-15-5-1-4-14(10-15)11-23-20(27)17-7-2-8-19(26)24(17)13-18(25)22-12-16-6-3-9-28-16/h1-2,4-5,7-8,10,16H,3,6,9,11-13H2,(H,22,25)(H,23,27). The molecule has 28 heavy (non-hydrogen) atoms. The fraction of sp³-hybridized carbons (Fsp3) is 0.350. The highest BCUT2D eigenvalue weighted by molar-refractivity contribution is 6.30. The number of carbonyl (C=O) groups excluding carboxylic acids is 2. The first-order valence-corrected chi connectivity index (χ1v) is 9.51. The summed E-state index contributed by atoms with van der Waals surface area (Å²) >= 11 is 5.95. The molecule has 1 unspecified atom stereocenters. The van der Waals surface area contributed by atoms with E-state index in [2.05, 4.69) is 10.6 Å². The topological polar surface area (TPSA) is 89.4 Å². The van der Waals surface area contributed by atoms with Crippen LogP contribution in [0.5, 0.6) is 0 Å². The Morgan fingerprint density at radius 3 is 2.75 bits per heavy atom. The van der Waals surface area contributed by atoms with Gasteiger partial charge in [0, 0.05) is 30.8 Å². The lowest BCUT2D eigenvalue weighted by Gasteiger charge is -2.14. The van der Waals surface area contributed by atoms with E-state index in [1.807, 2.05) is 6.07 Å². The summed E-state index contributed by atoms with van der Waals surface area (Å²) in [5, 5.41) is 6.09. The van der Waals surface area contributed by atoms with E-state index in [9.17, 15) is 14.4 Å². The molecule has 2 heterocycles. The summed E-state index contributed by atoms with van der Waals surface area (Å²) in [6, 6.07) is 11.5. The van der Waals surface area contributed by atoms with Crippen LogP contribution in [0.2, 0.25) is 5.02 Å². The minimum absolute atomic E-state index is 0.0110. The summed E-state index contributed by atoms with van der Waals surface area (Å²) in [4.78, 5) is 37.0. The van der Waals surface area contributed by atoms with E-state index in [0.29, 0.717) is 18.2 Å². The van der Waals surface area contributed by atoms with Crippen molar-refractivity contribution in [2.24, 2.45) is 0 Å². The highest BCUT2D eigenvalue weighted by atomic mass is 35.5. The molecule has 3 rings (SSSR count). The molecule has 148 valence electrons. The molecule has 1 aromatic heterocycles. The molecule has 1 fully saturated rings. The largest absolute Gasteiger partial charge is 0.376 e. The van der Waals surface area contributed by atoms with Crippen LogP contribution in [0.4, 0.5) is 0 Å². The average Bonchev–Trinajstić information content (AvgIpc) is 3.20. The lowest BCUT2D eigenvalue weighted by Crippen LogP contribution is -2.39. The van der Waals surface area contributed by atoms with Gasteiger partial charge in [-0.25, -0.2) is 0 Å². The van der Waals surface area contributed by atoms with Crippen molar-refractivity contribution in [3.8, 4) is 0 Å². The van der Waals surface area contributed by atoms with Gasteiger partial charge in [0.25, 0.3) is 11.5 Å². The molecule has 2 amide bonds. The van der Waals surface area contributed by atoms with E-state index in [4.69, 9.17) is 16.3 Å². The van der Waals surface area contributed by atoms with E-state index in [1.165, 1.54) is 18.2 Å². The van der Waals surface area contributed by atoms with E-state index < -0.39 is 11.5 Å². The van der Waals surface area contributed by atoms with Gasteiger partial charge in [-0.3, -0.25) is 19.0 Å². The van der Waals surface area contributed by atoms with Crippen molar-refractivity contribution in [1.82, 2.24) is 15.2 Å². The van der Waals surface area contributed by atoms with Crippen LogP contribution in [0, 0.1) is 0 Å². The zero-order valence-corrected chi connectivity index (χ0v) is 16.1. The number of hydrogen-bond acceptors (Lipinski definition) is 4. The predicted molar refractivity (Wildman–Crippen MR) is 105 cm³/mol. The van der Waals surface area contributed by atoms with E-state index in [1.54, 1.807) is 18.2 Å². The van der Waals surface area contributed by atoms with Crippen LogP contribution in [0.1, 0.15) is 28.9 Å². The number of nitrogens with zero attached hydrogens (tertiary/aromatic N) is 1. The fourth-order valence-electron chi connectivity index (χ4n) is 3.03. The third kappa shape index (κ3) is 5.43. The van der Waals surface area contributed by atoms with Crippen molar-refractivity contribution >= 4 is 23.4 Å².